The van der Waals surface area contributed by atoms with E-state index in [2.05, 4.69) is 10.3 Å². The van der Waals surface area contributed by atoms with E-state index in [4.69, 9.17) is 18.9 Å². The van der Waals surface area contributed by atoms with Gasteiger partial charge in [-0.2, -0.15) is 5.26 Å². The van der Waals surface area contributed by atoms with Crippen molar-refractivity contribution < 1.29 is 33.2 Å². The van der Waals surface area contributed by atoms with Crippen LogP contribution in [0.25, 0.3) is 11.1 Å². The molecule has 226 valence electrons. The summed E-state index contributed by atoms with van der Waals surface area (Å²) in [5.74, 6) is 0.865. The average molecular weight is 598 g/mol. The number of ketones is 1. The van der Waals surface area contributed by atoms with Crippen LogP contribution in [0, 0.1) is 24.1 Å². The minimum atomic E-state index is -0.803. The van der Waals surface area contributed by atoms with Crippen molar-refractivity contribution in [3.8, 4) is 40.2 Å². The van der Waals surface area contributed by atoms with Gasteiger partial charge in [0.1, 0.15) is 44.0 Å². The molecule has 1 aliphatic rings. The van der Waals surface area contributed by atoms with Crippen molar-refractivity contribution in [2.24, 2.45) is 0 Å². The van der Waals surface area contributed by atoms with Gasteiger partial charge in [-0.15, -0.1) is 0 Å². The number of fused-ring (bicyclic) bond motifs is 1. The van der Waals surface area contributed by atoms with Gasteiger partial charge >= 0.3 is 0 Å². The van der Waals surface area contributed by atoms with E-state index in [1.54, 1.807) is 12.3 Å². The fourth-order valence-electron chi connectivity index (χ4n) is 4.84. The number of rotatable bonds is 12. The van der Waals surface area contributed by atoms with E-state index in [0.717, 1.165) is 22.3 Å². The first-order chi connectivity index (χ1) is 21.4. The van der Waals surface area contributed by atoms with Crippen LogP contribution in [0.5, 0.6) is 23.0 Å². The molecule has 1 aliphatic heterocycles. The average Bonchev–Trinajstić information content (AvgIpc) is 3.04. The van der Waals surface area contributed by atoms with Crippen LogP contribution in [-0.2, 0) is 24.6 Å². The number of hydrogen-bond acceptors (Lipinski definition) is 9. The Bertz CT molecular complexity index is 1700. The highest BCUT2D eigenvalue weighted by atomic mass is 19.1. The topological polar surface area (TPSA) is 123 Å². The first-order valence-corrected chi connectivity index (χ1v) is 14.1. The molecular weight excluding hydrogens is 565 g/mol. The van der Waals surface area contributed by atoms with Gasteiger partial charge in [-0.05, 0) is 60.4 Å². The van der Waals surface area contributed by atoms with Crippen molar-refractivity contribution in [2.45, 2.75) is 39.6 Å². The first kappa shape index (κ1) is 30.5. The Kier molecular flexibility index (Phi) is 9.69. The molecule has 1 unspecified atom stereocenters. The molecule has 10 heteroatoms. The molecule has 3 aromatic carbocycles. The lowest BCUT2D eigenvalue weighted by atomic mass is 9.96. The Hall–Kier alpha value is -4.98. The molecule has 2 N–H and O–H groups in total. The van der Waals surface area contributed by atoms with Crippen LogP contribution < -0.4 is 24.3 Å². The molecule has 0 radical (unpaired) electrons. The summed E-state index contributed by atoms with van der Waals surface area (Å²) in [6.07, 6.45) is 3.03. The van der Waals surface area contributed by atoms with Gasteiger partial charge in [-0.1, -0.05) is 24.3 Å². The summed E-state index contributed by atoms with van der Waals surface area (Å²) in [5, 5.41) is 21.7. The minimum Gasteiger partial charge on any atom is -0.488 e. The summed E-state index contributed by atoms with van der Waals surface area (Å²) in [6.45, 7) is 4.19. The van der Waals surface area contributed by atoms with Crippen molar-refractivity contribution in [3.63, 3.8) is 0 Å². The second kappa shape index (κ2) is 14.0. The summed E-state index contributed by atoms with van der Waals surface area (Å²) < 4.78 is 38.8. The Morgan fingerprint density at radius 3 is 2.61 bits per heavy atom. The van der Waals surface area contributed by atoms with Crippen molar-refractivity contribution >= 4 is 5.78 Å². The number of nitrogens with zero attached hydrogens (tertiary/aromatic N) is 2. The lowest BCUT2D eigenvalue weighted by Crippen LogP contribution is -2.38. The van der Waals surface area contributed by atoms with Gasteiger partial charge in [0.25, 0.3) is 0 Å². The molecular formula is C34H32FN3O6. The van der Waals surface area contributed by atoms with Crippen LogP contribution >= 0.6 is 0 Å². The molecule has 4 aromatic rings. The van der Waals surface area contributed by atoms with Crippen LogP contribution in [-0.4, -0.2) is 41.7 Å². The SMILES string of the molecule is CC(=O)C(CO)NCc1cc(F)c(OCc2cccc(-c3ccc4c(c3)OCCO4)c2C)cc1OCc1cncc(C#N)c1. The molecule has 0 saturated heterocycles. The van der Waals surface area contributed by atoms with Gasteiger partial charge in [0.2, 0.25) is 0 Å². The summed E-state index contributed by atoms with van der Waals surface area (Å²) in [5.41, 5.74) is 5.27. The number of pyridine rings is 1. The van der Waals surface area contributed by atoms with Gasteiger partial charge in [0, 0.05) is 36.1 Å². The van der Waals surface area contributed by atoms with E-state index in [1.165, 1.54) is 25.3 Å². The molecule has 1 atom stereocenters. The van der Waals surface area contributed by atoms with E-state index in [1.807, 2.05) is 49.4 Å². The van der Waals surface area contributed by atoms with E-state index < -0.39 is 18.5 Å². The molecule has 0 amide bonds. The van der Waals surface area contributed by atoms with Crippen molar-refractivity contribution in [2.75, 3.05) is 19.8 Å². The van der Waals surface area contributed by atoms with Gasteiger partial charge in [0.05, 0.1) is 18.2 Å². The molecule has 0 aliphatic carbocycles. The summed E-state index contributed by atoms with van der Waals surface area (Å²) in [6, 6.07) is 17.3. The number of nitrogens with one attached hydrogen (secondary N) is 1. The summed E-state index contributed by atoms with van der Waals surface area (Å²) in [4.78, 5) is 15.9. The lowest BCUT2D eigenvalue weighted by molar-refractivity contribution is -0.119. The van der Waals surface area contributed by atoms with Gasteiger partial charge in [0.15, 0.2) is 23.1 Å². The molecule has 1 aromatic heterocycles. The highest BCUT2D eigenvalue weighted by Gasteiger charge is 2.18. The van der Waals surface area contributed by atoms with E-state index >= 15 is 4.39 Å². The van der Waals surface area contributed by atoms with Crippen molar-refractivity contribution in [3.05, 3.63) is 101 Å². The van der Waals surface area contributed by atoms with Gasteiger partial charge < -0.3 is 29.4 Å². The number of Topliss-reactive ketones (excluding diaryl/α,β-unsaturated/α-hetero) is 1. The fourth-order valence-corrected chi connectivity index (χ4v) is 4.84. The number of hydrogen-bond donors (Lipinski definition) is 2. The Morgan fingerprint density at radius 1 is 1.05 bits per heavy atom. The Morgan fingerprint density at radius 2 is 1.84 bits per heavy atom. The molecule has 0 bridgehead atoms. The molecule has 0 saturated carbocycles. The van der Waals surface area contributed by atoms with Crippen molar-refractivity contribution in [1.82, 2.24) is 10.3 Å². The minimum absolute atomic E-state index is 0.0120. The Labute approximate surface area is 254 Å². The third kappa shape index (κ3) is 7.14. The smallest absolute Gasteiger partial charge is 0.165 e. The molecule has 0 fully saturated rings. The van der Waals surface area contributed by atoms with Gasteiger partial charge in [-0.3, -0.25) is 9.78 Å². The van der Waals surface area contributed by atoms with Gasteiger partial charge in [-0.25, -0.2) is 4.39 Å². The fraction of sp³-hybridized carbons (Fsp3) is 0.265. The Balaban J connectivity index is 1.37. The number of halogens is 1. The number of aromatic nitrogens is 1. The van der Waals surface area contributed by atoms with Crippen LogP contribution in [0.2, 0.25) is 0 Å². The zero-order chi connectivity index (χ0) is 31.1. The lowest BCUT2D eigenvalue weighted by Gasteiger charge is -2.20. The molecule has 2 heterocycles. The van der Waals surface area contributed by atoms with E-state index in [-0.39, 0.29) is 31.3 Å². The van der Waals surface area contributed by atoms with Crippen LogP contribution in [0.1, 0.15) is 34.7 Å². The van der Waals surface area contributed by atoms with Crippen LogP contribution in [0.4, 0.5) is 4.39 Å². The largest absolute Gasteiger partial charge is 0.488 e. The quantitative estimate of drug-likeness (QED) is 0.231. The number of ether oxygens (including phenoxy) is 4. The monoisotopic (exact) mass is 597 g/mol. The molecule has 9 nitrogen and oxygen atoms in total. The maximum Gasteiger partial charge on any atom is 0.165 e. The third-order valence-electron chi connectivity index (χ3n) is 7.33. The standard InChI is InChI=1S/C34H32FN3O6/c1-21-26(4-3-5-28(21)25-6-7-31-34(12-25)42-9-8-41-31)20-44-33-13-32(43-19-24-10-23(14-36)15-37-16-24)27(11-29(33)35)17-38-30(18-39)22(2)40/h3-7,10-13,15-16,30,38-39H,8-9,17-20H2,1-2H3. The zero-order valence-electron chi connectivity index (χ0n) is 24.4. The van der Waals surface area contributed by atoms with Crippen LogP contribution in [0.15, 0.2) is 67.0 Å². The molecule has 0 spiro atoms. The number of aliphatic hydroxyl groups is 1. The number of benzene rings is 3. The predicted molar refractivity (Wildman–Crippen MR) is 160 cm³/mol. The highest BCUT2D eigenvalue weighted by molar-refractivity contribution is 5.81. The third-order valence-corrected chi connectivity index (χ3v) is 7.33. The second-order valence-corrected chi connectivity index (χ2v) is 10.3. The number of nitriles is 1. The maximum atomic E-state index is 15.4. The number of aliphatic hydroxyl groups excluding tert-OH is 1. The highest BCUT2D eigenvalue weighted by Crippen LogP contribution is 2.36. The zero-order valence-corrected chi connectivity index (χ0v) is 24.4. The summed E-state index contributed by atoms with van der Waals surface area (Å²) >= 11 is 0. The van der Waals surface area contributed by atoms with Crippen LogP contribution in [0.3, 0.4) is 0 Å². The van der Waals surface area contributed by atoms with Crippen molar-refractivity contribution in [1.29, 1.82) is 5.26 Å². The molecule has 44 heavy (non-hydrogen) atoms. The first-order valence-electron chi connectivity index (χ1n) is 14.1. The molecule has 5 rings (SSSR count). The van der Waals surface area contributed by atoms with E-state index in [9.17, 15) is 15.2 Å². The number of carbonyl (C=O) groups is 1. The predicted octanol–water partition coefficient (Wildman–Crippen LogP) is 5.04. The second-order valence-electron chi connectivity index (χ2n) is 10.3. The number of carbonyl (C=O) groups excluding carboxylic acids is 1. The summed E-state index contributed by atoms with van der Waals surface area (Å²) in [7, 11) is 0. The maximum absolute atomic E-state index is 15.4. The van der Waals surface area contributed by atoms with E-state index in [0.29, 0.717) is 47.2 Å². The normalized spacial score (nSPS) is 12.7.